The molecule has 1 aliphatic rings. The second-order valence-corrected chi connectivity index (χ2v) is 7.35. The number of nitrogens with zero attached hydrogens (tertiary/aromatic N) is 1. The van der Waals surface area contributed by atoms with E-state index in [1.165, 1.54) is 4.90 Å². The van der Waals surface area contributed by atoms with Crippen LogP contribution in [-0.2, 0) is 4.79 Å². The Kier molecular flexibility index (Phi) is 5.08. The number of hydrogen-bond acceptors (Lipinski definition) is 3. The van der Waals surface area contributed by atoms with E-state index >= 15 is 0 Å². The number of quaternary nitrogens is 1. The predicted molar refractivity (Wildman–Crippen MR) is 107 cm³/mol. The molecular weight excluding hydrogens is 354 g/mol. The Hall–Kier alpha value is -3.19. The predicted octanol–water partition coefficient (Wildman–Crippen LogP) is 1.06. The van der Waals surface area contributed by atoms with Gasteiger partial charge in [-0.05, 0) is 49.2 Å². The Bertz CT molecular complexity index is 962. The largest absolute Gasteiger partial charge is 0.366 e. The van der Waals surface area contributed by atoms with E-state index in [2.05, 4.69) is 10.3 Å². The van der Waals surface area contributed by atoms with Gasteiger partial charge in [-0.2, -0.15) is 0 Å². The molecule has 1 unspecified atom stereocenters. The Labute approximate surface area is 162 Å². The standard InChI is InChI=1S/C21H23N5O2/c22-20(28)14-7-9-16(10-8-14)23-19(27)13-26-11-3-4-15(12-26)21-24-17-5-1-2-6-18(17)25-21/h1-2,5-10,15H,3-4,11-13H2,(H2,22,28)(H,23,27)(H,24,25)/p+1/t15-/m0/s1. The molecule has 2 aromatic carbocycles. The number of H-pyrrole nitrogens is 1. The molecule has 1 aromatic heterocycles. The van der Waals surface area contributed by atoms with Crippen LogP contribution in [0.4, 0.5) is 5.69 Å². The van der Waals surface area contributed by atoms with Crippen molar-refractivity contribution < 1.29 is 14.5 Å². The van der Waals surface area contributed by atoms with Gasteiger partial charge in [0.25, 0.3) is 5.91 Å². The quantitative estimate of drug-likeness (QED) is 0.533. The highest BCUT2D eigenvalue weighted by molar-refractivity contribution is 5.95. The van der Waals surface area contributed by atoms with Crippen LogP contribution in [0, 0.1) is 0 Å². The van der Waals surface area contributed by atoms with Gasteiger partial charge in [-0.1, -0.05) is 12.1 Å². The lowest BCUT2D eigenvalue weighted by molar-refractivity contribution is -0.898. The molecule has 1 fully saturated rings. The molecule has 1 saturated heterocycles. The van der Waals surface area contributed by atoms with E-state index in [0.717, 1.165) is 42.8 Å². The maximum atomic E-state index is 12.4. The summed E-state index contributed by atoms with van der Waals surface area (Å²) in [6.07, 6.45) is 2.15. The first-order valence-corrected chi connectivity index (χ1v) is 9.56. The van der Waals surface area contributed by atoms with Crippen molar-refractivity contribution in [2.45, 2.75) is 18.8 Å². The molecule has 28 heavy (non-hydrogen) atoms. The zero-order valence-corrected chi connectivity index (χ0v) is 15.6. The van der Waals surface area contributed by atoms with Crippen LogP contribution in [-0.4, -0.2) is 41.4 Å². The molecule has 0 radical (unpaired) electrons. The van der Waals surface area contributed by atoms with Gasteiger partial charge in [-0.3, -0.25) is 9.59 Å². The van der Waals surface area contributed by atoms with Gasteiger partial charge in [0.05, 0.1) is 30.0 Å². The molecule has 7 heteroatoms. The summed E-state index contributed by atoms with van der Waals surface area (Å²) in [5.41, 5.74) is 8.37. The Morgan fingerprint density at radius 2 is 1.96 bits per heavy atom. The number of imidazole rings is 1. The summed E-state index contributed by atoms with van der Waals surface area (Å²) >= 11 is 0. The third-order valence-corrected chi connectivity index (χ3v) is 5.28. The second kappa shape index (κ2) is 7.82. The number of anilines is 1. The Morgan fingerprint density at radius 3 is 2.71 bits per heavy atom. The molecule has 4 rings (SSSR count). The first-order chi connectivity index (χ1) is 13.6. The van der Waals surface area contributed by atoms with E-state index in [9.17, 15) is 9.59 Å². The third kappa shape index (κ3) is 4.04. The fraction of sp³-hybridized carbons (Fsp3) is 0.286. The maximum absolute atomic E-state index is 12.4. The molecule has 2 amide bonds. The van der Waals surface area contributed by atoms with Crippen LogP contribution in [0.2, 0.25) is 0 Å². The van der Waals surface area contributed by atoms with Crippen LogP contribution in [0.25, 0.3) is 11.0 Å². The molecule has 1 aliphatic heterocycles. The molecule has 0 saturated carbocycles. The van der Waals surface area contributed by atoms with Gasteiger partial charge in [0.2, 0.25) is 5.91 Å². The number of amides is 2. The Morgan fingerprint density at radius 1 is 1.18 bits per heavy atom. The summed E-state index contributed by atoms with van der Waals surface area (Å²) in [5, 5.41) is 2.90. The molecule has 2 heterocycles. The molecule has 144 valence electrons. The molecule has 2 atom stereocenters. The molecule has 7 nitrogen and oxygen atoms in total. The molecule has 5 N–H and O–H groups in total. The first kappa shape index (κ1) is 18.2. The van der Waals surface area contributed by atoms with E-state index in [1.807, 2.05) is 24.3 Å². The van der Waals surface area contributed by atoms with Crippen molar-refractivity contribution in [3.8, 4) is 0 Å². The highest BCUT2D eigenvalue weighted by Crippen LogP contribution is 2.22. The summed E-state index contributed by atoms with van der Waals surface area (Å²) in [6.45, 7) is 2.27. The van der Waals surface area contributed by atoms with E-state index in [-0.39, 0.29) is 5.91 Å². The van der Waals surface area contributed by atoms with Crippen molar-refractivity contribution in [3.05, 3.63) is 59.9 Å². The molecular formula is C21H24N5O2+. The van der Waals surface area contributed by atoms with Gasteiger partial charge in [0, 0.05) is 11.3 Å². The van der Waals surface area contributed by atoms with E-state index in [1.54, 1.807) is 24.3 Å². The number of carbonyl (C=O) groups is 2. The number of nitrogens with one attached hydrogen (secondary N) is 3. The highest BCUT2D eigenvalue weighted by Gasteiger charge is 2.28. The van der Waals surface area contributed by atoms with Crippen LogP contribution in [0.3, 0.4) is 0 Å². The van der Waals surface area contributed by atoms with Gasteiger partial charge < -0.3 is 20.9 Å². The summed E-state index contributed by atoms with van der Waals surface area (Å²) in [4.78, 5) is 33.0. The maximum Gasteiger partial charge on any atom is 0.279 e. The summed E-state index contributed by atoms with van der Waals surface area (Å²) < 4.78 is 0. The number of aromatic amines is 1. The SMILES string of the molecule is NC(=O)c1ccc(NC(=O)C[NH+]2CCC[C@H](c3nc4ccccc4[nH]3)C2)cc1. The number of piperidine rings is 1. The highest BCUT2D eigenvalue weighted by atomic mass is 16.2. The average Bonchev–Trinajstić information content (AvgIpc) is 3.13. The zero-order chi connectivity index (χ0) is 19.5. The minimum absolute atomic E-state index is 0.0351. The van der Waals surface area contributed by atoms with Gasteiger partial charge in [-0.15, -0.1) is 0 Å². The first-order valence-electron chi connectivity index (χ1n) is 9.56. The number of nitrogens with two attached hydrogens (primary N) is 1. The van der Waals surface area contributed by atoms with Gasteiger partial charge in [0.15, 0.2) is 6.54 Å². The lowest BCUT2D eigenvalue weighted by Gasteiger charge is -2.28. The van der Waals surface area contributed by atoms with Crippen molar-refractivity contribution in [1.82, 2.24) is 9.97 Å². The van der Waals surface area contributed by atoms with Crippen molar-refractivity contribution in [3.63, 3.8) is 0 Å². The van der Waals surface area contributed by atoms with Crippen LogP contribution in [0.15, 0.2) is 48.5 Å². The number of benzene rings is 2. The average molecular weight is 378 g/mol. The Balaban J connectivity index is 1.36. The third-order valence-electron chi connectivity index (χ3n) is 5.28. The number of hydrogen-bond donors (Lipinski definition) is 4. The van der Waals surface area contributed by atoms with E-state index in [0.29, 0.717) is 23.7 Å². The van der Waals surface area contributed by atoms with Crippen molar-refractivity contribution >= 4 is 28.5 Å². The molecule has 3 aromatic rings. The number of aromatic nitrogens is 2. The van der Waals surface area contributed by atoms with Crippen LogP contribution >= 0.6 is 0 Å². The second-order valence-electron chi connectivity index (χ2n) is 7.35. The lowest BCUT2D eigenvalue weighted by atomic mass is 9.97. The molecule has 0 bridgehead atoms. The summed E-state index contributed by atoms with van der Waals surface area (Å²) in [5.74, 6) is 0.832. The summed E-state index contributed by atoms with van der Waals surface area (Å²) in [7, 11) is 0. The minimum Gasteiger partial charge on any atom is -0.366 e. The number of carbonyl (C=O) groups excluding carboxylic acids is 2. The number of primary amides is 1. The van der Waals surface area contributed by atoms with Gasteiger partial charge in [0.1, 0.15) is 5.82 Å². The van der Waals surface area contributed by atoms with Crippen molar-refractivity contribution in [2.75, 3.05) is 25.0 Å². The van der Waals surface area contributed by atoms with Crippen molar-refractivity contribution in [1.29, 1.82) is 0 Å². The van der Waals surface area contributed by atoms with Gasteiger partial charge >= 0.3 is 0 Å². The van der Waals surface area contributed by atoms with Crippen LogP contribution < -0.4 is 16.0 Å². The van der Waals surface area contributed by atoms with E-state index < -0.39 is 5.91 Å². The topological polar surface area (TPSA) is 105 Å². The van der Waals surface area contributed by atoms with Crippen molar-refractivity contribution in [2.24, 2.45) is 5.73 Å². The summed E-state index contributed by atoms with van der Waals surface area (Å²) in [6, 6.07) is 14.7. The van der Waals surface area contributed by atoms with Crippen LogP contribution in [0.5, 0.6) is 0 Å². The van der Waals surface area contributed by atoms with Crippen LogP contribution in [0.1, 0.15) is 34.9 Å². The zero-order valence-electron chi connectivity index (χ0n) is 15.6. The smallest absolute Gasteiger partial charge is 0.279 e. The fourth-order valence-electron chi connectivity index (χ4n) is 3.86. The molecule has 0 spiro atoms. The monoisotopic (exact) mass is 378 g/mol. The number of likely N-dealkylation sites (tertiary alicyclic amines) is 1. The minimum atomic E-state index is -0.479. The number of para-hydroxylation sites is 2. The lowest BCUT2D eigenvalue weighted by Crippen LogP contribution is -3.14. The fourth-order valence-corrected chi connectivity index (χ4v) is 3.86. The molecule has 0 aliphatic carbocycles. The van der Waals surface area contributed by atoms with Gasteiger partial charge in [-0.25, -0.2) is 4.98 Å². The number of fused-ring (bicyclic) bond motifs is 1. The number of rotatable bonds is 5. The van der Waals surface area contributed by atoms with E-state index in [4.69, 9.17) is 10.7 Å². The normalized spacial score (nSPS) is 19.4.